The van der Waals surface area contributed by atoms with Crippen LogP contribution in [0.25, 0.3) is 11.1 Å². The molecular formula is C29H38N4O3. The molecule has 7 nitrogen and oxygen atoms in total. The molecule has 3 aromatic rings. The molecule has 2 aromatic heterocycles. The molecule has 3 heterocycles. The first-order valence-corrected chi connectivity index (χ1v) is 13.4. The van der Waals surface area contributed by atoms with Crippen molar-refractivity contribution in [3.63, 3.8) is 0 Å². The normalized spacial score (nSPS) is 21.1. The molecule has 0 spiro atoms. The van der Waals surface area contributed by atoms with Crippen molar-refractivity contribution < 1.29 is 14.0 Å². The minimum Gasteiger partial charge on any atom is -0.463 e. The molecule has 1 saturated carbocycles. The van der Waals surface area contributed by atoms with Gasteiger partial charge in [0, 0.05) is 31.3 Å². The van der Waals surface area contributed by atoms with Gasteiger partial charge in [0.1, 0.15) is 11.2 Å². The van der Waals surface area contributed by atoms with Crippen LogP contribution in [0.3, 0.4) is 0 Å². The second-order valence-electron chi connectivity index (χ2n) is 10.8. The summed E-state index contributed by atoms with van der Waals surface area (Å²) in [4.78, 5) is 31.7. The molecule has 5 rings (SSSR count). The lowest BCUT2D eigenvalue weighted by molar-refractivity contribution is -0.133. The zero-order valence-electron chi connectivity index (χ0n) is 21.5. The molecule has 7 heteroatoms. The van der Waals surface area contributed by atoms with Crippen LogP contribution >= 0.6 is 0 Å². The Morgan fingerprint density at radius 3 is 2.64 bits per heavy atom. The van der Waals surface area contributed by atoms with Crippen molar-refractivity contribution in [1.29, 1.82) is 0 Å². The van der Waals surface area contributed by atoms with Gasteiger partial charge in [0.2, 0.25) is 5.91 Å². The van der Waals surface area contributed by atoms with Crippen molar-refractivity contribution in [3.8, 4) is 0 Å². The summed E-state index contributed by atoms with van der Waals surface area (Å²) >= 11 is 0. The molecule has 1 fully saturated rings. The predicted molar refractivity (Wildman–Crippen MR) is 141 cm³/mol. The molecule has 36 heavy (non-hydrogen) atoms. The number of nitrogens with zero attached hydrogens (tertiary/aromatic N) is 3. The van der Waals surface area contributed by atoms with Crippen LogP contribution in [0.1, 0.15) is 67.9 Å². The van der Waals surface area contributed by atoms with Gasteiger partial charge in [-0.2, -0.15) is 0 Å². The average molecular weight is 491 g/mol. The maximum Gasteiger partial charge on any atom is 0.271 e. The van der Waals surface area contributed by atoms with E-state index < -0.39 is 5.54 Å². The topological polar surface area (TPSA) is 70.7 Å². The van der Waals surface area contributed by atoms with Crippen LogP contribution < -0.4 is 5.32 Å². The van der Waals surface area contributed by atoms with E-state index in [9.17, 15) is 9.59 Å². The number of fused-ring (bicyclic) bond motifs is 3. The van der Waals surface area contributed by atoms with Crippen LogP contribution in [0.5, 0.6) is 0 Å². The number of furan rings is 1. The van der Waals surface area contributed by atoms with Crippen LogP contribution in [-0.2, 0) is 17.9 Å². The number of hydrogen-bond acceptors (Lipinski definition) is 4. The fraction of sp³-hybridized carbons (Fsp3) is 0.517. The minimum absolute atomic E-state index is 0.0450. The van der Waals surface area contributed by atoms with E-state index in [2.05, 4.69) is 41.5 Å². The molecule has 0 saturated heterocycles. The van der Waals surface area contributed by atoms with Gasteiger partial charge in [-0.1, -0.05) is 56.0 Å². The van der Waals surface area contributed by atoms with Crippen LogP contribution in [-0.4, -0.2) is 57.9 Å². The van der Waals surface area contributed by atoms with Gasteiger partial charge < -0.3 is 24.1 Å². The van der Waals surface area contributed by atoms with Crippen LogP contribution in [0, 0.1) is 0 Å². The summed E-state index contributed by atoms with van der Waals surface area (Å²) in [6.07, 6.45) is 9.22. The second kappa shape index (κ2) is 10.5. The van der Waals surface area contributed by atoms with E-state index in [0.717, 1.165) is 50.7 Å². The molecule has 1 aliphatic carbocycles. The van der Waals surface area contributed by atoms with E-state index >= 15 is 0 Å². The Kier molecular flexibility index (Phi) is 7.19. The van der Waals surface area contributed by atoms with E-state index in [1.807, 2.05) is 34.6 Å². The summed E-state index contributed by atoms with van der Waals surface area (Å²) in [6, 6.07) is 14.3. The highest BCUT2D eigenvalue weighted by atomic mass is 16.3. The van der Waals surface area contributed by atoms with Crippen LogP contribution in [0.15, 0.2) is 53.1 Å². The van der Waals surface area contributed by atoms with E-state index in [1.54, 1.807) is 6.26 Å². The fourth-order valence-electron chi connectivity index (χ4n) is 5.86. The van der Waals surface area contributed by atoms with Gasteiger partial charge in [-0.15, -0.1) is 0 Å². The zero-order valence-corrected chi connectivity index (χ0v) is 21.5. The second-order valence-corrected chi connectivity index (χ2v) is 10.8. The van der Waals surface area contributed by atoms with E-state index in [0.29, 0.717) is 24.4 Å². The van der Waals surface area contributed by atoms with Gasteiger partial charge in [0.25, 0.3) is 5.91 Å². The summed E-state index contributed by atoms with van der Waals surface area (Å²) in [6.45, 7) is 4.57. The van der Waals surface area contributed by atoms with Gasteiger partial charge >= 0.3 is 0 Å². The number of carbonyl (C=O) groups is 2. The van der Waals surface area contributed by atoms with Crippen molar-refractivity contribution in [1.82, 2.24) is 19.7 Å². The highest BCUT2D eigenvalue weighted by Crippen LogP contribution is 2.33. The van der Waals surface area contributed by atoms with Crippen LogP contribution in [0.4, 0.5) is 0 Å². The summed E-state index contributed by atoms with van der Waals surface area (Å²) in [5.41, 5.74) is 2.46. The van der Waals surface area contributed by atoms with Crippen molar-refractivity contribution in [2.75, 3.05) is 20.1 Å². The summed E-state index contributed by atoms with van der Waals surface area (Å²) in [5, 5.41) is 3.34. The molecule has 1 aromatic carbocycles. The Morgan fingerprint density at radius 1 is 1.14 bits per heavy atom. The fourth-order valence-corrected chi connectivity index (χ4v) is 5.86. The smallest absolute Gasteiger partial charge is 0.271 e. The number of nitrogens with one attached hydrogen (secondary N) is 1. The molecule has 2 aliphatic rings. The number of rotatable bonds is 8. The van der Waals surface area contributed by atoms with Gasteiger partial charge in [0.05, 0.1) is 18.3 Å². The third-order valence-corrected chi connectivity index (χ3v) is 7.95. The first-order valence-electron chi connectivity index (χ1n) is 13.4. The Balaban J connectivity index is 1.34. The summed E-state index contributed by atoms with van der Waals surface area (Å²) < 4.78 is 7.55. The molecule has 1 atom stereocenters. The Hall–Kier alpha value is -3.06. The highest BCUT2D eigenvalue weighted by Gasteiger charge is 2.48. The quantitative estimate of drug-likeness (QED) is 0.460. The Labute approximate surface area is 213 Å². The number of hydrogen-bond donors (Lipinski definition) is 1. The number of benzene rings is 1. The summed E-state index contributed by atoms with van der Waals surface area (Å²) in [5.74, 6) is -0.145. The van der Waals surface area contributed by atoms with E-state index in [-0.39, 0.29) is 17.9 Å². The summed E-state index contributed by atoms with van der Waals surface area (Å²) in [7, 11) is 2.10. The lowest BCUT2D eigenvalue weighted by Crippen LogP contribution is -2.65. The van der Waals surface area contributed by atoms with E-state index in [1.165, 1.54) is 18.4 Å². The van der Waals surface area contributed by atoms with Gasteiger partial charge in [-0.3, -0.25) is 9.59 Å². The lowest BCUT2D eigenvalue weighted by Gasteiger charge is -2.44. The number of carbonyl (C=O) groups excluding carboxylic acids is 2. The molecular weight excluding hydrogens is 452 g/mol. The van der Waals surface area contributed by atoms with Gasteiger partial charge in [0.15, 0.2) is 5.58 Å². The molecule has 1 unspecified atom stereocenters. The predicted octanol–water partition coefficient (Wildman–Crippen LogP) is 4.81. The minimum atomic E-state index is -0.961. The molecule has 0 bridgehead atoms. The van der Waals surface area contributed by atoms with Crippen molar-refractivity contribution in [2.24, 2.45) is 0 Å². The third kappa shape index (κ3) is 4.94. The van der Waals surface area contributed by atoms with Crippen molar-refractivity contribution in [2.45, 2.75) is 76.5 Å². The largest absolute Gasteiger partial charge is 0.463 e. The Bertz CT molecular complexity index is 1190. The van der Waals surface area contributed by atoms with Gasteiger partial charge in [-0.05, 0) is 45.3 Å². The maximum atomic E-state index is 13.8. The maximum absolute atomic E-state index is 13.8. The molecule has 1 aliphatic heterocycles. The van der Waals surface area contributed by atoms with Crippen molar-refractivity contribution >= 4 is 22.9 Å². The lowest BCUT2D eigenvalue weighted by atomic mass is 9.93. The molecule has 1 N–H and O–H groups in total. The molecule has 192 valence electrons. The molecule has 0 radical (unpaired) electrons. The molecule has 2 amide bonds. The Morgan fingerprint density at radius 2 is 1.89 bits per heavy atom. The van der Waals surface area contributed by atoms with Gasteiger partial charge in [-0.25, -0.2) is 0 Å². The van der Waals surface area contributed by atoms with E-state index in [4.69, 9.17) is 4.42 Å². The monoisotopic (exact) mass is 490 g/mol. The number of amides is 2. The third-order valence-electron chi connectivity index (χ3n) is 7.95. The number of aromatic nitrogens is 1. The van der Waals surface area contributed by atoms with Crippen molar-refractivity contribution in [3.05, 3.63) is 60.0 Å². The standard InChI is InChI=1S/C29H38N4O3/c1-29(28(35)30-23-13-8-3-4-9-14-23)21-32-24-15-18-36-26(24)19-25(32)27(34)33(29)17-10-16-31(2)20-22-11-6-5-7-12-22/h5-7,11-12,15,18-19,23H,3-4,8-10,13-14,16-17,20-21H2,1-2H3,(H,30,35). The average Bonchev–Trinajstić information content (AvgIpc) is 3.36. The first kappa shape index (κ1) is 24.6. The first-order chi connectivity index (χ1) is 17.5. The SMILES string of the molecule is CN(CCCN1C(=O)c2cc3occc3n2CC1(C)C(=O)NC1CCCCCC1)Cc1ccccc1. The van der Waals surface area contributed by atoms with Crippen LogP contribution in [0.2, 0.25) is 0 Å². The highest BCUT2D eigenvalue weighted by molar-refractivity contribution is 6.02. The zero-order chi connectivity index (χ0) is 25.1.